The minimum atomic E-state index is -0.211. The highest BCUT2D eigenvalue weighted by molar-refractivity contribution is 5.94. The van der Waals surface area contributed by atoms with E-state index in [9.17, 15) is 4.79 Å². The molecule has 3 aromatic rings. The molecule has 0 aliphatic heterocycles. The van der Waals surface area contributed by atoms with Gasteiger partial charge in [-0.05, 0) is 43.3 Å². The lowest BCUT2D eigenvalue weighted by molar-refractivity contribution is 0.0939. The molecule has 0 spiro atoms. The molecule has 0 atom stereocenters. The highest BCUT2D eigenvalue weighted by Gasteiger charge is 2.05. The number of hydrazine groups is 1. The van der Waals surface area contributed by atoms with Gasteiger partial charge in [0.2, 0.25) is 0 Å². The number of nitrogens with one attached hydrogen (secondary N) is 3. The van der Waals surface area contributed by atoms with Gasteiger partial charge in [0.05, 0.1) is 0 Å². The fourth-order valence-electron chi connectivity index (χ4n) is 2.34. The Bertz CT molecular complexity index is 862. The molecule has 2 aromatic carbocycles. The molecule has 5 N–H and O–H groups in total. The van der Waals surface area contributed by atoms with Gasteiger partial charge in [-0.15, -0.1) is 0 Å². The van der Waals surface area contributed by atoms with E-state index < -0.39 is 0 Å². The number of carbonyl (C=O) groups excluding carboxylic acids is 1. The van der Waals surface area contributed by atoms with Crippen LogP contribution in [0.3, 0.4) is 0 Å². The quantitative estimate of drug-likeness (QED) is 0.441. The van der Waals surface area contributed by atoms with Gasteiger partial charge in [-0.3, -0.25) is 10.2 Å². The van der Waals surface area contributed by atoms with Crippen LogP contribution in [-0.4, -0.2) is 10.9 Å². The summed E-state index contributed by atoms with van der Waals surface area (Å²) in [6.45, 7) is 1.89. The van der Waals surface area contributed by atoms with Gasteiger partial charge in [0.15, 0.2) is 0 Å². The molecule has 0 unspecified atom stereocenters. The Kier molecular flexibility index (Phi) is 4.01. The predicted octanol–water partition coefficient (Wildman–Crippen LogP) is 3.05. The Morgan fingerprint density at radius 3 is 2.61 bits per heavy atom. The smallest absolute Gasteiger partial charge is 0.269 e. The average molecular weight is 306 g/mol. The minimum absolute atomic E-state index is 0.211. The summed E-state index contributed by atoms with van der Waals surface area (Å²) in [5.41, 5.74) is 15.3. The van der Waals surface area contributed by atoms with Crippen molar-refractivity contribution in [2.75, 3.05) is 5.73 Å². The van der Waals surface area contributed by atoms with Crippen molar-refractivity contribution in [2.24, 2.45) is 0 Å². The minimum Gasteiger partial charge on any atom is -0.399 e. The van der Waals surface area contributed by atoms with Crippen molar-refractivity contribution in [1.29, 1.82) is 0 Å². The summed E-state index contributed by atoms with van der Waals surface area (Å²) in [6, 6.07) is 14.8. The van der Waals surface area contributed by atoms with Gasteiger partial charge < -0.3 is 16.1 Å². The van der Waals surface area contributed by atoms with Crippen LogP contribution in [0.1, 0.15) is 22.8 Å². The fourth-order valence-corrected chi connectivity index (χ4v) is 2.34. The van der Waals surface area contributed by atoms with Crippen LogP contribution >= 0.6 is 0 Å². The number of benzene rings is 2. The van der Waals surface area contributed by atoms with Crippen LogP contribution in [0.2, 0.25) is 0 Å². The van der Waals surface area contributed by atoms with E-state index in [1.807, 2.05) is 37.4 Å². The standard InChI is InChI=1S/C18H18N4O/c1-12(10-14-11-20-17-5-3-2-4-16(14)17)21-22-18(23)13-6-8-15(19)9-7-13/h2-11,20-21H,19H2,1H3,(H,22,23). The monoisotopic (exact) mass is 306 g/mol. The third-order valence-electron chi connectivity index (χ3n) is 3.54. The SMILES string of the molecule is CC(=Cc1c[nH]c2ccccc12)NNC(=O)c1ccc(N)cc1. The van der Waals surface area contributed by atoms with E-state index in [2.05, 4.69) is 21.9 Å². The number of fused-ring (bicyclic) bond motifs is 1. The molecule has 0 aliphatic rings. The Morgan fingerprint density at radius 2 is 1.83 bits per heavy atom. The molecule has 23 heavy (non-hydrogen) atoms. The van der Waals surface area contributed by atoms with E-state index in [4.69, 9.17) is 5.73 Å². The number of hydrogen-bond acceptors (Lipinski definition) is 3. The average Bonchev–Trinajstić information content (AvgIpc) is 2.96. The van der Waals surface area contributed by atoms with Gasteiger partial charge in [-0.1, -0.05) is 18.2 Å². The first kappa shape index (κ1) is 14.7. The van der Waals surface area contributed by atoms with Gasteiger partial charge in [0.25, 0.3) is 5.91 Å². The summed E-state index contributed by atoms with van der Waals surface area (Å²) in [5, 5.41) is 1.14. The molecule has 0 bridgehead atoms. The zero-order chi connectivity index (χ0) is 16.2. The highest BCUT2D eigenvalue weighted by atomic mass is 16.2. The number of para-hydroxylation sites is 1. The number of carbonyl (C=O) groups is 1. The third-order valence-corrected chi connectivity index (χ3v) is 3.54. The molecule has 0 saturated heterocycles. The Labute approximate surface area is 134 Å². The number of amides is 1. The van der Waals surface area contributed by atoms with Gasteiger partial charge in [-0.2, -0.15) is 0 Å². The Balaban J connectivity index is 1.68. The number of aromatic nitrogens is 1. The van der Waals surface area contributed by atoms with E-state index in [1.54, 1.807) is 24.3 Å². The van der Waals surface area contributed by atoms with Crippen LogP contribution in [0.4, 0.5) is 5.69 Å². The summed E-state index contributed by atoms with van der Waals surface area (Å²) in [7, 11) is 0. The molecule has 1 amide bonds. The summed E-state index contributed by atoms with van der Waals surface area (Å²) < 4.78 is 0. The maximum absolute atomic E-state index is 12.0. The lowest BCUT2D eigenvalue weighted by atomic mass is 10.1. The van der Waals surface area contributed by atoms with Gasteiger partial charge >= 0.3 is 0 Å². The summed E-state index contributed by atoms with van der Waals surface area (Å²) >= 11 is 0. The molecule has 0 radical (unpaired) electrons. The summed E-state index contributed by atoms with van der Waals surface area (Å²) in [5.74, 6) is -0.211. The van der Waals surface area contributed by atoms with Crippen molar-refractivity contribution < 1.29 is 4.79 Å². The lowest BCUT2D eigenvalue weighted by Crippen LogP contribution is -2.35. The Hall–Kier alpha value is -3.21. The van der Waals surface area contributed by atoms with Crippen LogP contribution in [-0.2, 0) is 0 Å². The molecule has 0 saturated carbocycles. The molecule has 0 fully saturated rings. The van der Waals surface area contributed by atoms with Gasteiger partial charge in [-0.25, -0.2) is 0 Å². The number of aromatic amines is 1. The van der Waals surface area contributed by atoms with E-state index in [0.29, 0.717) is 11.3 Å². The molecular formula is C18H18N4O. The highest BCUT2D eigenvalue weighted by Crippen LogP contribution is 2.19. The molecular weight excluding hydrogens is 288 g/mol. The normalized spacial score (nSPS) is 11.4. The van der Waals surface area contributed by atoms with Crippen molar-refractivity contribution in [3.63, 3.8) is 0 Å². The van der Waals surface area contributed by atoms with Crippen LogP contribution in [0, 0.1) is 0 Å². The third kappa shape index (κ3) is 3.35. The van der Waals surface area contributed by atoms with Crippen molar-refractivity contribution in [1.82, 2.24) is 15.8 Å². The van der Waals surface area contributed by atoms with Crippen molar-refractivity contribution in [2.45, 2.75) is 6.92 Å². The van der Waals surface area contributed by atoms with Crippen LogP contribution in [0.5, 0.6) is 0 Å². The maximum Gasteiger partial charge on any atom is 0.269 e. The molecule has 116 valence electrons. The second-order valence-corrected chi connectivity index (χ2v) is 5.32. The van der Waals surface area contributed by atoms with E-state index in [0.717, 1.165) is 22.2 Å². The Morgan fingerprint density at radius 1 is 1.09 bits per heavy atom. The molecule has 1 heterocycles. The molecule has 5 heteroatoms. The summed E-state index contributed by atoms with van der Waals surface area (Å²) in [4.78, 5) is 15.2. The first-order valence-corrected chi connectivity index (χ1v) is 7.30. The maximum atomic E-state index is 12.0. The van der Waals surface area contributed by atoms with E-state index in [1.165, 1.54) is 0 Å². The first-order valence-electron chi connectivity index (χ1n) is 7.30. The van der Waals surface area contributed by atoms with Gasteiger partial charge in [0, 0.05) is 39.6 Å². The number of allylic oxidation sites excluding steroid dienone is 1. The number of nitrogen functional groups attached to an aromatic ring is 1. The van der Waals surface area contributed by atoms with E-state index >= 15 is 0 Å². The number of nitrogens with two attached hydrogens (primary N) is 1. The number of anilines is 1. The van der Waals surface area contributed by atoms with Crippen LogP contribution < -0.4 is 16.6 Å². The first-order chi connectivity index (χ1) is 11.1. The second-order valence-electron chi connectivity index (χ2n) is 5.32. The molecule has 1 aromatic heterocycles. The number of hydrogen-bond donors (Lipinski definition) is 4. The number of rotatable bonds is 4. The zero-order valence-electron chi connectivity index (χ0n) is 12.8. The van der Waals surface area contributed by atoms with E-state index in [-0.39, 0.29) is 5.91 Å². The summed E-state index contributed by atoms with van der Waals surface area (Å²) in [6.07, 6.45) is 3.92. The van der Waals surface area contributed by atoms with Crippen molar-refractivity contribution in [3.05, 3.63) is 71.6 Å². The van der Waals surface area contributed by atoms with Crippen molar-refractivity contribution in [3.8, 4) is 0 Å². The predicted molar refractivity (Wildman–Crippen MR) is 93.4 cm³/mol. The van der Waals surface area contributed by atoms with Gasteiger partial charge in [0.1, 0.15) is 0 Å². The van der Waals surface area contributed by atoms with Crippen LogP contribution in [0.25, 0.3) is 17.0 Å². The van der Waals surface area contributed by atoms with Crippen LogP contribution in [0.15, 0.2) is 60.4 Å². The molecule has 0 aliphatic carbocycles. The zero-order valence-corrected chi connectivity index (χ0v) is 12.8. The topological polar surface area (TPSA) is 82.9 Å². The fraction of sp³-hybridized carbons (Fsp3) is 0.0556. The lowest BCUT2D eigenvalue weighted by Gasteiger charge is -2.09. The van der Waals surface area contributed by atoms with Crippen molar-refractivity contribution >= 4 is 28.6 Å². The second kappa shape index (κ2) is 6.27. The molecule has 3 rings (SSSR count). The molecule has 5 nitrogen and oxygen atoms in total. The number of H-pyrrole nitrogens is 1. The largest absolute Gasteiger partial charge is 0.399 e.